The van der Waals surface area contributed by atoms with Gasteiger partial charge in [0.15, 0.2) is 0 Å². The van der Waals surface area contributed by atoms with Gasteiger partial charge in [0.2, 0.25) is 0 Å². The van der Waals surface area contributed by atoms with Gasteiger partial charge in [-0.25, -0.2) is 0 Å². The molecule has 2 aliphatic carbocycles. The molecule has 10 aromatic rings. The lowest BCUT2D eigenvalue weighted by molar-refractivity contribution is 0.534. The molecule has 1 nitrogen and oxygen atoms in total. The molecule has 13 rings (SSSR count). The number of aryl methyl sites for hydroxylation is 1. The minimum atomic E-state index is -0.164. The molecule has 0 saturated carbocycles. The van der Waals surface area contributed by atoms with Crippen molar-refractivity contribution < 1.29 is 0 Å². The molecule has 1 aromatic heterocycles. The fourth-order valence-electron chi connectivity index (χ4n) is 11.3. The van der Waals surface area contributed by atoms with Crippen LogP contribution in [0.3, 0.4) is 0 Å². The summed E-state index contributed by atoms with van der Waals surface area (Å²) < 4.78 is 2.66. The lowest BCUT2D eigenvalue weighted by atomic mass is 9.77. The Kier molecular flexibility index (Phi) is 9.05. The van der Waals surface area contributed by atoms with Crippen molar-refractivity contribution in [3.05, 3.63) is 250 Å². The summed E-state index contributed by atoms with van der Waals surface area (Å²) in [6.07, 6.45) is 2.88. The Balaban J connectivity index is 1.07. The summed E-state index contributed by atoms with van der Waals surface area (Å²) in [6.45, 7) is 2.23. The van der Waals surface area contributed by atoms with E-state index in [0.29, 0.717) is 0 Å². The first-order valence-electron chi connectivity index (χ1n) is 23.1. The van der Waals surface area contributed by atoms with Crippen LogP contribution < -0.4 is 0 Å². The fraction of sp³-hybridized carbons (Fsp3) is 0.111. The minimum absolute atomic E-state index is 0.0239. The summed E-state index contributed by atoms with van der Waals surface area (Å²) in [4.78, 5) is 6.09. The third kappa shape index (κ3) is 6.56. The standard InChI is InChI=1S/C63H45NS/c1-39-32-53(45-25-21-43(22-26-45)41-12-4-2-5-13-41)58-34-40-20-30-50-54-36-48-17-9-8-16-47(48)35-49(54)29-31-51(55(50)33-40)56-37-57-52-18-10-11-19-60(52)65-61(57)38-59(56)63(58)64-62(39)46-27-23-44(24-28-46)42-14-6-3-7-15-42/h2-28,30,33,35-38,51,58,63H,29,31,34H2,1H3/t51?,58-,63?/m1/s1. The maximum atomic E-state index is 6.09. The number of thiophene rings is 1. The topological polar surface area (TPSA) is 12.4 Å². The van der Waals surface area contributed by atoms with E-state index in [-0.39, 0.29) is 17.9 Å². The van der Waals surface area contributed by atoms with E-state index >= 15 is 0 Å². The molecule has 0 fully saturated rings. The van der Waals surface area contributed by atoms with Gasteiger partial charge in [0.25, 0.3) is 0 Å². The Morgan fingerprint density at radius 2 is 1.12 bits per heavy atom. The summed E-state index contributed by atoms with van der Waals surface area (Å²) in [6, 6.07) is 74.9. The average Bonchev–Trinajstić information content (AvgIpc) is 3.58. The molecule has 9 aromatic carbocycles. The highest BCUT2D eigenvalue weighted by Crippen LogP contribution is 2.52. The molecule has 2 unspecified atom stereocenters. The van der Waals surface area contributed by atoms with Crippen molar-refractivity contribution in [2.75, 3.05) is 0 Å². The van der Waals surface area contributed by atoms with Crippen LogP contribution in [-0.4, -0.2) is 5.71 Å². The Morgan fingerprint density at radius 3 is 1.86 bits per heavy atom. The van der Waals surface area contributed by atoms with E-state index < -0.39 is 0 Å². The molecular formula is C63H45NS. The van der Waals surface area contributed by atoms with E-state index in [2.05, 4.69) is 213 Å². The zero-order valence-electron chi connectivity index (χ0n) is 36.3. The van der Waals surface area contributed by atoms with E-state index in [1.807, 2.05) is 11.3 Å². The lowest BCUT2D eigenvalue weighted by Crippen LogP contribution is -2.18. The third-order valence-electron chi connectivity index (χ3n) is 14.5. The molecule has 2 heterocycles. The van der Waals surface area contributed by atoms with Gasteiger partial charge in [0, 0.05) is 48.7 Å². The molecule has 65 heavy (non-hydrogen) atoms. The average molecular weight is 848 g/mol. The van der Waals surface area contributed by atoms with E-state index in [0.717, 1.165) is 36.1 Å². The smallest absolute Gasteiger partial charge is 0.0838 e. The van der Waals surface area contributed by atoms with Crippen LogP contribution in [0.5, 0.6) is 0 Å². The molecule has 2 heteroatoms. The molecule has 2 bridgehead atoms. The molecule has 3 atom stereocenters. The predicted octanol–water partition coefficient (Wildman–Crippen LogP) is 16.6. The number of hydrogen-bond donors (Lipinski definition) is 0. The second kappa shape index (κ2) is 15.4. The monoisotopic (exact) mass is 847 g/mol. The molecule has 1 aliphatic heterocycles. The van der Waals surface area contributed by atoms with Gasteiger partial charge < -0.3 is 0 Å². The van der Waals surface area contributed by atoms with E-state index in [9.17, 15) is 0 Å². The minimum Gasteiger partial charge on any atom is -0.275 e. The number of nitrogens with zero attached hydrogens (tertiary/aromatic N) is 1. The normalized spacial score (nSPS) is 17.6. The molecule has 0 N–H and O–H groups in total. The maximum absolute atomic E-state index is 6.09. The summed E-state index contributed by atoms with van der Waals surface area (Å²) >= 11 is 1.91. The zero-order chi connectivity index (χ0) is 43.0. The largest absolute Gasteiger partial charge is 0.275 e. The van der Waals surface area contributed by atoms with Crippen LogP contribution in [0.15, 0.2) is 216 Å². The van der Waals surface area contributed by atoms with Gasteiger partial charge >= 0.3 is 0 Å². The first-order valence-corrected chi connectivity index (χ1v) is 23.9. The van der Waals surface area contributed by atoms with Crippen molar-refractivity contribution in [2.24, 2.45) is 10.9 Å². The van der Waals surface area contributed by atoms with Crippen LogP contribution in [-0.2, 0) is 12.8 Å². The van der Waals surface area contributed by atoms with Crippen LogP contribution in [0.1, 0.15) is 64.2 Å². The van der Waals surface area contributed by atoms with Crippen molar-refractivity contribution in [3.63, 3.8) is 0 Å². The first-order chi connectivity index (χ1) is 32.1. The van der Waals surface area contributed by atoms with Gasteiger partial charge in [0.1, 0.15) is 0 Å². The van der Waals surface area contributed by atoms with Gasteiger partial charge in [-0.1, -0.05) is 176 Å². The van der Waals surface area contributed by atoms with Crippen molar-refractivity contribution in [1.82, 2.24) is 0 Å². The van der Waals surface area contributed by atoms with Crippen molar-refractivity contribution in [3.8, 4) is 33.4 Å². The highest BCUT2D eigenvalue weighted by atomic mass is 32.1. The maximum Gasteiger partial charge on any atom is 0.0838 e. The molecule has 3 aliphatic rings. The van der Waals surface area contributed by atoms with Gasteiger partial charge in [-0.3, -0.25) is 4.99 Å². The Bertz CT molecular complexity index is 3600. The Labute approximate surface area is 384 Å². The zero-order valence-corrected chi connectivity index (χ0v) is 37.1. The first kappa shape index (κ1) is 38.1. The van der Waals surface area contributed by atoms with Crippen LogP contribution in [0, 0.1) is 5.92 Å². The van der Waals surface area contributed by atoms with E-state index in [1.165, 1.54) is 103 Å². The predicted molar refractivity (Wildman–Crippen MR) is 275 cm³/mol. The molecule has 0 amide bonds. The molecule has 0 saturated heterocycles. The van der Waals surface area contributed by atoms with Crippen molar-refractivity contribution in [1.29, 1.82) is 0 Å². The van der Waals surface area contributed by atoms with Gasteiger partial charge in [-0.05, 0) is 128 Å². The number of rotatable bonds is 4. The second-order valence-corrected chi connectivity index (χ2v) is 19.3. The summed E-state index contributed by atoms with van der Waals surface area (Å²) in [5, 5.41) is 5.30. The number of hydrogen-bond acceptors (Lipinski definition) is 2. The van der Waals surface area contributed by atoms with Crippen LogP contribution in [0.2, 0.25) is 0 Å². The van der Waals surface area contributed by atoms with Gasteiger partial charge in [0.05, 0.1) is 11.8 Å². The second-order valence-electron chi connectivity index (χ2n) is 18.2. The third-order valence-corrected chi connectivity index (χ3v) is 15.6. The highest BCUT2D eigenvalue weighted by molar-refractivity contribution is 7.25. The van der Waals surface area contributed by atoms with Crippen LogP contribution in [0.4, 0.5) is 0 Å². The number of fused-ring (bicyclic) bond motifs is 11. The van der Waals surface area contributed by atoms with E-state index in [4.69, 9.17) is 4.99 Å². The summed E-state index contributed by atoms with van der Waals surface area (Å²) in [7, 11) is 0. The Morgan fingerprint density at radius 1 is 0.492 bits per heavy atom. The van der Waals surface area contributed by atoms with Crippen LogP contribution in [0.25, 0.3) is 69.9 Å². The number of benzene rings is 9. The van der Waals surface area contributed by atoms with Gasteiger partial charge in [-0.15, -0.1) is 17.1 Å². The number of aliphatic imine (C=N–C) groups is 1. The fourth-order valence-corrected chi connectivity index (χ4v) is 12.4. The van der Waals surface area contributed by atoms with Crippen molar-refractivity contribution >= 4 is 53.6 Å². The highest BCUT2D eigenvalue weighted by Gasteiger charge is 2.37. The molecule has 0 spiro atoms. The van der Waals surface area contributed by atoms with Crippen molar-refractivity contribution in [2.45, 2.75) is 38.1 Å². The molecule has 308 valence electrons. The SMILES string of the molecule is CC1=C=C(c2ccc(-c3ccccc3)cc2)[C@H]2Cc3ccc4c(c3)C(CCc3cc5ccccc5cc3-4)c3cc4c(cc3C2N=C1c1ccc(-c2ccccc2)cc1)sc1ccccc14. The van der Waals surface area contributed by atoms with E-state index in [1.54, 1.807) is 0 Å². The summed E-state index contributed by atoms with van der Waals surface area (Å²) in [5.41, 5.74) is 24.3. The molecule has 0 radical (unpaired) electrons. The molecular weight excluding hydrogens is 803 g/mol. The van der Waals surface area contributed by atoms with Gasteiger partial charge in [-0.2, -0.15) is 0 Å². The van der Waals surface area contributed by atoms with Crippen LogP contribution >= 0.6 is 11.3 Å². The lowest BCUT2D eigenvalue weighted by Gasteiger charge is -2.29. The Hall–Kier alpha value is -7.35. The summed E-state index contributed by atoms with van der Waals surface area (Å²) in [5.74, 6) is 0.215. The quantitative estimate of drug-likeness (QED) is 0.157.